The normalized spacial score (nSPS) is 26.6. The van der Waals surface area contributed by atoms with E-state index < -0.39 is 0 Å². The second-order valence-electron chi connectivity index (χ2n) is 2.14. The van der Waals surface area contributed by atoms with Crippen LogP contribution in [0.3, 0.4) is 0 Å². The van der Waals surface area contributed by atoms with Gasteiger partial charge in [-0.3, -0.25) is 0 Å². The number of hydrogen-bond acceptors (Lipinski definition) is 4. The minimum absolute atomic E-state index is 0.317. The molecule has 0 amide bonds. The van der Waals surface area contributed by atoms with E-state index in [-0.39, 0.29) is 6.29 Å². The highest BCUT2D eigenvalue weighted by Gasteiger charge is 2.25. The Bertz CT molecular complexity index is 151. The molecule has 1 fully saturated rings. The fourth-order valence-electron chi connectivity index (χ4n) is 0.995. The molecule has 0 N–H and O–H groups in total. The maximum Gasteiger partial charge on any atom is 0.242 e. The molecule has 0 radical (unpaired) electrons. The van der Waals surface area contributed by atoms with Crippen molar-refractivity contribution in [3.8, 4) is 0 Å². The van der Waals surface area contributed by atoms with E-state index in [9.17, 15) is 0 Å². The zero-order chi connectivity index (χ0) is 6.81. The summed E-state index contributed by atoms with van der Waals surface area (Å²) in [5.41, 5.74) is 0. The molecule has 2 aliphatic heterocycles. The van der Waals surface area contributed by atoms with Crippen molar-refractivity contribution in [2.45, 2.75) is 6.29 Å². The highest BCUT2D eigenvalue weighted by Crippen LogP contribution is 2.09. The molecule has 2 rings (SSSR count). The predicted octanol–water partition coefficient (Wildman–Crippen LogP) is -0.212. The Hall–Kier alpha value is -0.610. The van der Waals surface area contributed by atoms with Crippen LogP contribution in [0.2, 0.25) is 0 Å². The molecule has 0 aromatic rings. The summed E-state index contributed by atoms with van der Waals surface area (Å²) in [6, 6.07) is 0. The highest BCUT2D eigenvalue weighted by atomic mass is 16.7. The van der Waals surface area contributed by atoms with E-state index >= 15 is 0 Å². The SMILES string of the molecule is C1COC(C2OCCO2)=N1. The lowest BCUT2D eigenvalue weighted by atomic mass is 10.6. The number of aliphatic imine (C=N–C) groups is 1. The lowest BCUT2D eigenvalue weighted by molar-refractivity contribution is -0.000886. The largest absolute Gasteiger partial charge is 0.475 e. The molecule has 2 aliphatic rings. The van der Waals surface area contributed by atoms with E-state index in [2.05, 4.69) is 4.99 Å². The molecular weight excluding hydrogens is 134 g/mol. The van der Waals surface area contributed by atoms with Gasteiger partial charge in [-0.2, -0.15) is 0 Å². The van der Waals surface area contributed by atoms with Crippen LogP contribution in [0.5, 0.6) is 0 Å². The zero-order valence-electron chi connectivity index (χ0n) is 5.58. The molecule has 0 aromatic carbocycles. The molecule has 0 aliphatic carbocycles. The molecule has 0 bridgehead atoms. The van der Waals surface area contributed by atoms with Crippen LogP contribution in [0, 0.1) is 0 Å². The van der Waals surface area contributed by atoms with Gasteiger partial charge in [0.15, 0.2) is 0 Å². The van der Waals surface area contributed by atoms with Crippen molar-refractivity contribution in [1.29, 1.82) is 0 Å². The fraction of sp³-hybridized carbons (Fsp3) is 0.833. The van der Waals surface area contributed by atoms with Gasteiger partial charge < -0.3 is 14.2 Å². The average Bonchev–Trinajstić information content (AvgIpc) is 2.59. The molecule has 56 valence electrons. The van der Waals surface area contributed by atoms with Crippen molar-refractivity contribution in [1.82, 2.24) is 0 Å². The zero-order valence-corrected chi connectivity index (χ0v) is 5.58. The third-order valence-electron chi connectivity index (χ3n) is 1.43. The van der Waals surface area contributed by atoms with E-state index in [0.29, 0.717) is 25.7 Å². The first kappa shape index (κ1) is 6.12. The second-order valence-corrected chi connectivity index (χ2v) is 2.14. The summed E-state index contributed by atoms with van der Waals surface area (Å²) in [6.45, 7) is 2.69. The standard InChI is InChI=1S/C6H9NO3/c1-2-8-5(7-1)6-9-3-4-10-6/h6H,1-4H2. The van der Waals surface area contributed by atoms with Crippen LogP contribution in [0.25, 0.3) is 0 Å². The highest BCUT2D eigenvalue weighted by molar-refractivity contribution is 5.80. The van der Waals surface area contributed by atoms with Crippen molar-refractivity contribution < 1.29 is 14.2 Å². The Balaban J connectivity index is 1.97. The maximum atomic E-state index is 5.16. The molecule has 1 saturated heterocycles. The molecular formula is C6H9NO3. The van der Waals surface area contributed by atoms with Crippen LogP contribution in [-0.4, -0.2) is 38.6 Å². The quantitative estimate of drug-likeness (QED) is 0.509. The topological polar surface area (TPSA) is 40.0 Å². The van der Waals surface area contributed by atoms with Gasteiger partial charge in [-0.1, -0.05) is 0 Å². The molecule has 0 atom stereocenters. The first-order valence-electron chi connectivity index (χ1n) is 3.37. The van der Waals surface area contributed by atoms with Crippen molar-refractivity contribution in [2.24, 2.45) is 4.99 Å². The Morgan fingerprint density at radius 3 is 2.60 bits per heavy atom. The monoisotopic (exact) mass is 143 g/mol. The molecule has 0 aromatic heterocycles. The predicted molar refractivity (Wildman–Crippen MR) is 33.9 cm³/mol. The lowest BCUT2D eigenvalue weighted by Gasteiger charge is -2.06. The fourth-order valence-corrected chi connectivity index (χ4v) is 0.995. The first-order chi connectivity index (χ1) is 4.97. The lowest BCUT2D eigenvalue weighted by Crippen LogP contribution is -2.21. The summed E-state index contributed by atoms with van der Waals surface area (Å²) in [4.78, 5) is 4.06. The Morgan fingerprint density at radius 2 is 2.00 bits per heavy atom. The molecule has 0 saturated carbocycles. The Kier molecular flexibility index (Phi) is 1.56. The second kappa shape index (κ2) is 2.56. The van der Waals surface area contributed by atoms with Gasteiger partial charge in [0.25, 0.3) is 0 Å². The van der Waals surface area contributed by atoms with Gasteiger partial charge in [-0.15, -0.1) is 0 Å². The minimum Gasteiger partial charge on any atom is -0.475 e. The summed E-state index contributed by atoms with van der Waals surface area (Å²) in [5.74, 6) is 0.609. The minimum atomic E-state index is -0.317. The van der Waals surface area contributed by atoms with E-state index in [0.717, 1.165) is 6.54 Å². The number of ether oxygens (including phenoxy) is 3. The van der Waals surface area contributed by atoms with Crippen molar-refractivity contribution in [3.05, 3.63) is 0 Å². The van der Waals surface area contributed by atoms with E-state index in [1.54, 1.807) is 0 Å². The van der Waals surface area contributed by atoms with Gasteiger partial charge in [0.2, 0.25) is 12.2 Å². The van der Waals surface area contributed by atoms with Gasteiger partial charge in [-0.05, 0) is 0 Å². The van der Waals surface area contributed by atoms with Crippen LogP contribution in [0.4, 0.5) is 0 Å². The Morgan fingerprint density at radius 1 is 1.20 bits per heavy atom. The molecule has 0 unspecified atom stereocenters. The van der Waals surface area contributed by atoms with Crippen molar-refractivity contribution in [2.75, 3.05) is 26.4 Å². The van der Waals surface area contributed by atoms with Crippen molar-refractivity contribution in [3.63, 3.8) is 0 Å². The molecule has 4 heteroatoms. The number of nitrogens with zero attached hydrogens (tertiary/aromatic N) is 1. The summed E-state index contributed by atoms with van der Waals surface area (Å²) in [6.07, 6.45) is -0.317. The van der Waals surface area contributed by atoms with Crippen LogP contribution in [0.15, 0.2) is 4.99 Å². The van der Waals surface area contributed by atoms with Gasteiger partial charge >= 0.3 is 0 Å². The third kappa shape index (κ3) is 0.998. The third-order valence-corrected chi connectivity index (χ3v) is 1.43. The molecule has 4 nitrogen and oxygen atoms in total. The van der Waals surface area contributed by atoms with Crippen LogP contribution in [-0.2, 0) is 14.2 Å². The van der Waals surface area contributed by atoms with E-state index in [1.165, 1.54) is 0 Å². The maximum absolute atomic E-state index is 5.16. The van der Waals surface area contributed by atoms with Crippen LogP contribution in [0.1, 0.15) is 0 Å². The van der Waals surface area contributed by atoms with Crippen molar-refractivity contribution >= 4 is 5.90 Å². The van der Waals surface area contributed by atoms with Gasteiger partial charge in [0, 0.05) is 0 Å². The summed E-state index contributed by atoms with van der Waals surface area (Å²) < 4.78 is 15.5. The molecule has 2 heterocycles. The molecule has 0 spiro atoms. The van der Waals surface area contributed by atoms with Gasteiger partial charge in [-0.25, -0.2) is 4.99 Å². The number of hydrogen-bond donors (Lipinski definition) is 0. The summed E-state index contributed by atoms with van der Waals surface area (Å²) in [7, 11) is 0. The van der Waals surface area contributed by atoms with Gasteiger partial charge in [0.1, 0.15) is 6.61 Å². The smallest absolute Gasteiger partial charge is 0.242 e. The summed E-state index contributed by atoms with van der Waals surface area (Å²) >= 11 is 0. The molecule has 10 heavy (non-hydrogen) atoms. The van der Waals surface area contributed by atoms with Crippen LogP contribution >= 0.6 is 0 Å². The number of rotatable bonds is 1. The van der Waals surface area contributed by atoms with Gasteiger partial charge in [0.05, 0.1) is 19.8 Å². The first-order valence-corrected chi connectivity index (χ1v) is 3.37. The van der Waals surface area contributed by atoms with E-state index in [4.69, 9.17) is 14.2 Å². The summed E-state index contributed by atoms with van der Waals surface area (Å²) in [5, 5.41) is 0. The average molecular weight is 143 g/mol. The van der Waals surface area contributed by atoms with Crippen LogP contribution < -0.4 is 0 Å². The Labute approximate surface area is 58.8 Å². The van der Waals surface area contributed by atoms with E-state index in [1.807, 2.05) is 0 Å².